The molecule has 0 aliphatic carbocycles. The minimum absolute atomic E-state index is 0.000318. The highest BCUT2D eigenvalue weighted by molar-refractivity contribution is 7.99. The van der Waals surface area contributed by atoms with Gasteiger partial charge in [0.15, 0.2) is 15.0 Å². The highest BCUT2D eigenvalue weighted by Crippen LogP contribution is 2.31. The Labute approximate surface area is 124 Å². The van der Waals surface area contributed by atoms with Crippen LogP contribution in [0.5, 0.6) is 0 Å². The van der Waals surface area contributed by atoms with Crippen molar-refractivity contribution in [1.29, 1.82) is 0 Å². The number of halogens is 2. The van der Waals surface area contributed by atoms with E-state index in [1.165, 1.54) is 23.9 Å². The summed E-state index contributed by atoms with van der Waals surface area (Å²) >= 11 is 12.7. The summed E-state index contributed by atoms with van der Waals surface area (Å²) in [6, 6.07) is 6.35. The SMILES string of the molecule is CS(=O)(=O)c1ccc(Sc2nc(Cl)nnc2Cl)cc1. The molecule has 0 fully saturated rings. The molecule has 0 amide bonds. The van der Waals surface area contributed by atoms with Gasteiger partial charge in [0, 0.05) is 11.2 Å². The molecule has 2 aromatic rings. The van der Waals surface area contributed by atoms with E-state index in [4.69, 9.17) is 23.2 Å². The molecule has 0 N–H and O–H groups in total. The fourth-order valence-corrected chi connectivity index (χ4v) is 2.96. The van der Waals surface area contributed by atoms with Crippen molar-refractivity contribution >= 4 is 44.8 Å². The second kappa shape index (κ2) is 5.62. The largest absolute Gasteiger partial charge is 0.244 e. The van der Waals surface area contributed by atoms with E-state index in [0.29, 0.717) is 5.03 Å². The van der Waals surface area contributed by atoms with Crippen molar-refractivity contribution in [3.8, 4) is 0 Å². The smallest absolute Gasteiger partial charge is 0.224 e. The number of hydrogen-bond donors (Lipinski definition) is 0. The third-order valence-electron chi connectivity index (χ3n) is 2.06. The molecule has 0 spiro atoms. The first-order valence-corrected chi connectivity index (χ1v) is 8.36. The van der Waals surface area contributed by atoms with E-state index in [1.54, 1.807) is 12.1 Å². The van der Waals surface area contributed by atoms with E-state index in [9.17, 15) is 8.42 Å². The van der Waals surface area contributed by atoms with E-state index in [2.05, 4.69) is 15.2 Å². The van der Waals surface area contributed by atoms with Crippen LogP contribution in [-0.2, 0) is 9.84 Å². The molecule has 9 heteroatoms. The van der Waals surface area contributed by atoms with Crippen LogP contribution in [-0.4, -0.2) is 29.9 Å². The lowest BCUT2D eigenvalue weighted by Crippen LogP contribution is -1.96. The molecule has 100 valence electrons. The van der Waals surface area contributed by atoms with Gasteiger partial charge in [0.25, 0.3) is 0 Å². The van der Waals surface area contributed by atoms with Crippen LogP contribution in [0.1, 0.15) is 0 Å². The quantitative estimate of drug-likeness (QED) is 0.858. The minimum atomic E-state index is -3.20. The van der Waals surface area contributed by atoms with Crippen molar-refractivity contribution in [2.75, 3.05) is 6.26 Å². The zero-order valence-corrected chi connectivity index (χ0v) is 12.7. The Balaban J connectivity index is 2.27. The van der Waals surface area contributed by atoms with E-state index in [-0.39, 0.29) is 15.3 Å². The van der Waals surface area contributed by atoms with Gasteiger partial charge in [0.05, 0.1) is 4.90 Å². The van der Waals surface area contributed by atoms with E-state index >= 15 is 0 Å². The monoisotopic (exact) mass is 335 g/mol. The van der Waals surface area contributed by atoms with Gasteiger partial charge in [-0.3, -0.25) is 0 Å². The van der Waals surface area contributed by atoms with Crippen molar-refractivity contribution in [2.24, 2.45) is 0 Å². The van der Waals surface area contributed by atoms with Gasteiger partial charge >= 0.3 is 0 Å². The maximum absolute atomic E-state index is 11.3. The number of sulfone groups is 1. The fourth-order valence-electron chi connectivity index (χ4n) is 1.21. The molecule has 0 aliphatic rings. The maximum Gasteiger partial charge on any atom is 0.244 e. The molecule has 0 saturated heterocycles. The van der Waals surface area contributed by atoms with Gasteiger partial charge < -0.3 is 0 Å². The van der Waals surface area contributed by atoms with Crippen LogP contribution in [0.3, 0.4) is 0 Å². The molecule has 1 aromatic heterocycles. The van der Waals surface area contributed by atoms with Crippen molar-refractivity contribution in [3.63, 3.8) is 0 Å². The number of aromatic nitrogens is 3. The highest BCUT2D eigenvalue weighted by atomic mass is 35.5. The first-order chi connectivity index (χ1) is 8.86. The first kappa shape index (κ1) is 14.5. The molecule has 0 bridgehead atoms. The van der Waals surface area contributed by atoms with Gasteiger partial charge in [0.2, 0.25) is 5.28 Å². The van der Waals surface area contributed by atoms with Crippen molar-refractivity contribution < 1.29 is 8.42 Å². The molecule has 0 unspecified atom stereocenters. The normalized spacial score (nSPS) is 11.5. The summed E-state index contributed by atoms with van der Waals surface area (Å²) in [5.41, 5.74) is 0. The molecule has 2 rings (SSSR count). The van der Waals surface area contributed by atoms with E-state index in [0.717, 1.165) is 11.2 Å². The van der Waals surface area contributed by atoms with Crippen LogP contribution in [0, 0.1) is 0 Å². The summed E-state index contributed by atoms with van der Waals surface area (Å²) in [5, 5.41) is 7.69. The molecule has 0 radical (unpaired) electrons. The predicted octanol–water partition coefficient (Wildman–Crippen LogP) is 2.73. The van der Waals surface area contributed by atoms with E-state index in [1.807, 2.05) is 0 Å². The Hall–Kier alpha value is -0.890. The molecule has 5 nitrogen and oxygen atoms in total. The minimum Gasteiger partial charge on any atom is -0.224 e. The van der Waals surface area contributed by atoms with Gasteiger partial charge in [-0.2, -0.15) is 0 Å². The zero-order chi connectivity index (χ0) is 14.0. The molecular formula is C10H7Cl2N3O2S2. The van der Waals surface area contributed by atoms with Crippen LogP contribution in [0.25, 0.3) is 0 Å². The lowest BCUT2D eigenvalue weighted by atomic mass is 10.4. The van der Waals surface area contributed by atoms with Crippen molar-refractivity contribution in [2.45, 2.75) is 14.8 Å². The van der Waals surface area contributed by atoms with Gasteiger partial charge in [-0.1, -0.05) is 23.4 Å². The Morgan fingerprint density at radius 1 is 1.11 bits per heavy atom. The topological polar surface area (TPSA) is 72.8 Å². The fraction of sp³-hybridized carbons (Fsp3) is 0.100. The van der Waals surface area contributed by atoms with Crippen LogP contribution < -0.4 is 0 Å². The molecular weight excluding hydrogens is 329 g/mol. The first-order valence-electron chi connectivity index (χ1n) is 4.90. The lowest BCUT2D eigenvalue weighted by Gasteiger charge is -2.03. The predicted molar refractivity (Wildman–Crippen MR) is 73.5 cm³/mol. The Kier molecular flexibility index (Phi) is 4.29. The van der Waals surface area contributed by atoms with Crippen LogP contribution >= 0.6 is 35.0 Å². The number of benzene rings is 1. The second-order valence-electron chi connectivity index (χ2n) is 3.52. The average Bonchev–Trinajstić information content (AvgIpc) is 2.33. The molecule has 0 aliphatic heterocycles. The van der Waals surface area contributed by atoms with Crippen LogP contribution in [0.15, 0.2) is 39.1 Å². The zero-order valence-electron chi connectivity index (χ0n) is 9.54. The molecule has 1 heterocycles. The van der Waals surface area contributed by atoms with Gasteiger partial charge in [-0.15, -0.1) is 10.2 Å². The van der Waals surface area contributed by atoms with E-state index < -0.39 is 9.84 Å². The molecule has 0 atom stereocenters. The summed E-state index contributed by atoms with van der Waals surface area (Å²) in [4.78, 5) is 4.96. The van der Waals surface area contributed by atoms with Crippen LogP contribution in [0.2, 0.25) is 10.4 Å². The van der Waals surface area contributed by atoms with Crippen LogP contribution in [0.4, 0.5) is 0 Å². The standard InChI is InChI=1S/C10H7Cl2N3O2S2/c1-19(16,17)7-4-2-6(3-5-7)18-9-8(11)14-15-10(12)13-9/h2-5H,1H3. The molecule has 19 heavy (non-hydrogen) atoms. The summed E-state index contributed by atoms with van der Waals surface area (Å²) in [5.74, 6) is 0. The Morgan fingerprint density at radius 2 is 1.74 bits per heavy atom. The third-order valence-corrected chi connectivity index (χ3v) is 4.70. The summed E-state index contributed by atoms with van der Waals surface area (Å²) < 4.78 is 22.7. The Bertz CT molecular complexity index is 705. The molecule has 0 saturated carbocycles. The number of hydrogen-bond acceptors (Lipinski definition) is 6. The highest BCUT2D eigenvalue weighted by Gasteiger charge is 2.10. The number of nitrogens with zero attached hydrogens (tertiary/aromatic N) is 3. The van der Waals surface area contributed by atoms with Gasteiger partial charge in [-0.25, -0.2) is 13.4 Å². The summed E-state index contributed by atoms with van der Waals surface area (Å²) in [6.07, 6.45) is 1.15. The van der Waals surface area contributed by atoms with Crippen molar-refractivity contribution in [3.05, 3.63) is 34.7 Å². The Morgan fingerprint density at radius 3 is 2.32 bits per heavy atom. The van der Waals surface area contributed by atoms with Crippen molar-refractivity contribution in [1.82, 2.24) is 15.2 Å². The second-order valence-corrected chi connectivity index (χ2v) is 7.30. The third kappa shape index (κ3) is 3.79. The maximum atomic E-state index is 11.3. The lowest BCUT2D eigenvalue weighted by molar-refractivity contribution is 0.602. The van der Waals surface area contributed by atoms with Gasteiger partial charge in [-0.05, 0) is 35.9 Å². The average molecular weight is 336 g/mol. The summed E-state index contributed by atoms with van der Waals surface area (Å²) in [7, 11) is -3.20. The number of rotatable bonds is 3. The molecule has 1 aromatic carbocycles. The van der Waals surface area contributed by atoms with Gasteiger partial charge in [0.1, 0.15) is 5.03 Å². The summed E-state index contributed by atoms with van der Waals surface area (Å²) in [6.45, 7) is 0.